The first-order valence-electron chi connectivity index (χ1n) is 33.3. The fourth-order valence-corrected chi connectivity index (χ4v) is 16.7. The second-order valence-electron chi connectivity index (χ2n) is 27.0. The van der Waals surface area contributed by atoms with Crippen LogP contribution in [0.15, 0.2) is 170 Å². The molecule has 0 aliphatic carbocycles. The van der Waals surface area contributed by atoms with Gasteiger partial charge in [-0.15, -0.1) is 0 Å². The highest BCUT2D eigenvalue weighted by atomic mass is 32.2. The van der Waals surface area contributed by atoms with Crippen LogP contribution in [-0.2, 0) is 24.8 Å². The summed E-state index contributed by atoms with van der Waals surface area (Å²) in [5.41, 5.74) is 13.8. The van der Waals surface area contributed by atoms with E-state index in [4.69, 9.17) is 0 Å². The standard InChI is InChI=1S/2C22H25N3O.C16H23N3O2S.C15H21N3O2S/c1-16-14-20-4-3-11-25(20)21(15-16)24-12-9-18(10-13-24)17-5-7-19(8-6-17)22(26)23-2;1-16-14-21-4-3-11-25(21)22(15-16)24-12-9-19(10-13-24)18-5-7-20(8-6-18)23-17(2)26;1-13-10-14-6-5-7-18(14)15(11-13)17-8-9-19(22(4,20)21)16(2,3)12-17;1-12-10-14-4-3-7-18(14)15(11-12)17-8-5-13(6-9-17)16-21(2,19)20/h3-8,11,14-15,18H,9-10,12-13H2,1-2H3,(H,23,26);3-8,11,14-15,19H,9-10,12-13H2,1-2H3,(H,23,26);5-7,10-11H,8-9,12H2,1-4H3;3-4,7,10-11,13,16H,5-6,8-9H2,1-2H3. The van der Waals surface area contributed by atoms with Crippen LogP contribution in [0.3, 0.4) is 0 Å². The van der Waals surface area contributed by atoms with Crippen LogP contribution in [0, 0.1) is 27.7 Å². The molecule has 12 heterocycles. The lowest BCUT2D eigenvalue weighted by Crippen LogP contribution is -2.61. The second-order valence-corrected chi connectivity index (χ2v) is 30.7. The van der Waals surface area contributed by atoms with E-state index in [9.17, 15) is 26.4 Å². The van der Waals surface area contributed by atoms with E-state index in [1.165, 1.54) is 92.3 Å². The van der Waals surface area contributed by atoms with Gasteiger partial charge in [0.2, 0.25) is 26.0 Å². The number of fused-ring (bicyclic) bond motifs is 4. The zero-order chi connectivity index (χ0) is 67.3. The highest BCUT2D eigenvalue weighted by molar-refractivity contribution is 7.88. The van der Waals surface area contributed by atoms with Crippen LogP contribution >= 0.6 is 0 Å². The van der Waals surface area contributed by atoms with E-state index in [-0.39, 0.29) is 17.9 Å². The summed E-state index contributed by atoms with van der Waals surface area (Å²) in [6, 6.07) is 51.0. The zero-order valence-electron chi connectivity index (χ0n) is 56.8. The number of amides is 2. The third-order valence-electron chi connectivity index (χ3n) is 19.0. The number of rotatable bonds is 11. The van der Waals surface area contributed by atoms with Crippen molar-refractivity contribution in [3.05, 3.63) is 209 Å². The Hall–Kier alpha value is -8.56. The molecule has 95 heavy (non-hydrogen) atoms. The minimum Gasteiger partial charge on any atom is -0.358 e. The number of benzene rings is 2. The van der Waals surface area contributed by atoms with Crippen molar-refractivity contribution in [3.8, 4) is 0 Å². The van der Waals surface area contributed by atoms with Gasteiger partial charge in [-0.2, -0.15) is 4.31 Å². The Morgan fingerprint density at radius 2 is 0.821 bits per heavy atom. The maximum atomic E-state index is 12.0. The van der Waals surface area contributed by atoms with Gasteiger partial charge in [0.05, 0.1) is 12.5 Å². The molecular formula is C75H94N12O6S2. The van der Waals surface area contributed by atoms with Gasteiger partial charge in [0.25, 0.3) is 5.91 Å². The second kappa shape index (κ2) is 28.8. The van der Waals surface area contributed by atoms with Gasteiger partial charge < -0.3 is 47.8 Å². The van der Waals surface area contributed by atoms with E-state index in [1.807, 2.05) is 44.2 Å². The van der Waals surface area contributed by atoms with E-state index in [0.29, 0.717) is 31.5 Å². The molecule has 2 aromatic carbocycles. The maximum absolute atomic E-state index is 12.0. The van der Waals surface area contributed by atoms with Crippen molar-refractivity contribution in [1.29, 1.82) is 0 Å². The number of nitrogens with one attached hydrogen (secondary N) is 3. The number of anilines is 5. The number of carbonyl (C=O) groups excluding carboxylic acids is 2. The lowest BCUT2D eigenvalue weighted by molar-refractivity contribution is -0.114. The molecule has 0 radical (unpaired) electrons. The highest BCUT2D eigenvalue weighted by Crippen LogP contribution is 2.35. The van der Waals surface area contributed by atoms with Gasteiger partial charge in [-0.1, -0.05) is 24.3 Å². The summed E-state index contributed by atoms with van der Waals surface area (Å²) < 4.78 is 59.8. The first-order chi connectivity index (χ1) is 45.4. The molecule has 4 saturated heterocycles. The Kier molecular flexibility index (Phi) is 20.6. The molecule has 20 heteroatoms. The molecule has 8 aromatic heterocycles. The van der Waals surface area contributed by atoms with E-state index in [1.54, 1.807) is 11.4 Å². The number of sulfonamides is 2. The Morgan fingerprint density at radius 3 is 1.16 bits per heavy atom. The van der Waals surface area contributed by atoms with Crippen molar-refractivity contribution >= 4 is 82.9 Å². The van der Waals surface area contributed by atoms with Gasteiger partial charge in [0.1, 0.15) is 23.3 Å². The largest absolute Gasteiger partial charge is 0.358 e. The average molecular weight is 1320 g/mol. The Bertz CT molecular complexity index is 4550. The fraction of sp³-hybridized carbons (Fsp3) is 0.387. The molecule has 2 amide bonds. The molecule has 10 aromatic rings. The Morgan fingerprint density at radius 1 is 0.463 bits per heavy atom. The SMILES string of the molecule is CC(=O)Nc1ccc(C2CCN(c3cc(C)cc4cccn34)CC2)cc1.CNC(=O)c1ccc(C2CCN(c3cc(C)cc4cccn34)CC2)cc1.Cc1cc(N2CCC(NS(C)(=O)=O)CC2)n2cccc2c1.Cc1cc(N2CCN(S(C)(=O)=O)C(C)(C)C2)n2cccc2c1. The maximum Gasteiger partial charge on any atom is 0.251 e. The molecule has 0 atom stereocenters. The van der Waals surface area contributed by atoms with Gasteiger partial charge in [-0.05, 0) is 247 Å². The normalized spacial score (nSPS) is 16.9. The molecule has 0 spiro atoms. The smallest absolute Gasteiger partial charge is 0.251 e. The highest BCUT2D eigenvalue weighted by Gasteiger charge is 2.40. The van der Waals surface area contributed by atoms with Gasteiger partial charge in [-0.3, -0.25) is 9.59 Å². The minimum absolute atomic E-state index is 0.0263. The van der Waals surface area contributed by atoms with E-state index in [2.05, 4.69) is 220 Å². The number of pyridine rings is 4. The summed E-state index contributed by atoms with van der Waals surface area (Å²) in [5.74, 6) is 6.00. The monoisotopic (exact) mass is 1320 g/mol. The quantitative estimate of drug-likeness (QED) is 0.113. The topological polar surface area (TPSA) is 172 Å². The molecule has 18 nitrogen and oxygen atoms in total. The van der Waals surface area contributed by atoms with E-state index in [0.717, 1.165) is 94.9 Å². The third kappa shape index (κ3) is 16.4. The molecule has 502 valence electrons. The molecule has 0 bridgehead atoms. The van der Waals surface area contributed by atoms with Crippen molar-refractivity contribution in [2.24, 2.45) is 0 Å². The Labute approximate surface area is 561 Å². The number of nitrogens with zero attached hydrogens (tertiary/aromatic N) is 9. The first-order valence-corrected chi connectivity index (χ1v) is 37.1. The summed E-state index contributed by atoms with van der Waals surface area (Å²) in [5, 5.41) is 5.51. The van der Waals surface area contributed by atoms with Gasteiger partial charge >= 0.3 is 0 Å². The van der Waals surface area contributed by atoms with Crippen LogP contribution in [-0.4, -0.2) is 141 Å². The summed E-state index contributed by atoms with van der Waals surface area (Å²) in [6.45, 7) is 21.9. The van der Waals surface area contributed by atoms with Crippen LogP contribution in [0.1, 0.15) is 115 Å². The predicted molar refractivity (Wildman–Crippen MR) is 389 cm³/mol. The summed E-state index contributed by atoms with van der Waals surface area (Å²) >= 11 is 0. The fourth-order valence-electron chi connectivity index (χ4n) is 14.5. The molecule has 3 N–H and O–H groups in total. The van der Waals surface area contributed by atoms with Crippen molar-refractivity contribution in [2.75, 3.05) is 103 Å². The first kappa shape index (κ1) is 67.8. The van der Waals surface area contributed by atoms with Crippen molar-refractivity contribution in [3.63, 3.8) is 0 Å². The number of hydrogen-bond donors (Lipinski definition) is 3. The van der Waals surface area contributed by atoms with Crippen LogP contribution in [0.2, 0.25) is 0 Å². The molecule has 14 rings (SSSR count). The van der Waals surface area contributed by atoms with E-state index >= 15 is 0 Å². The molecular weight excluding hydrogens is 1230 g/mol. The summed E-state index contributed by atoms with van der Waals surface area (Å²) in [7, 11) is -4.63. The Balaban J connectivity index is 0.000000130. The number of hydrogen-bond acceptors (Lipinski definition) is 10. The third-order valence-corrected chi connectivity index (χ3v) is 21.2. The van der Waals surface area contributed by atoms with Gasteiger partial charge in [-0.25, -0.2) is 21.6 Å². The number of aryl methyl sites for hydroxylation is 4. The average Bonchev–Trinajstić information content (AvgIpc) is 1.77. The van der Waals surface area contributed by atoms with Crippen LogP contribution in [0.25, 0.3) is 22.1 Å². The number of aromatic nitrogens is 4. The molecule has 0 saturated carbocycles. The van der Waals surface area contributed by atoms with Crippen molar-refractivity contribution in [1.82, 2.24) is 31.9 Å². The lowest BCUT2D eigenvalue weighted by Gasteiger charge is -2.46. The van der Waals surface area contributed by atoms with Crippen molar-refractivity contribution in [2.45, 2.75) is 110 Å². The summed E-state index contributed by atoms with van der Waals surface area (Å²) in [6.07, 6.45) is 17.2. The number of piperidine rings is 3. The lowest BCUT2D eigenvalue weighted by atomic mass is 9.89. The summed E-state index contributed by atoms with van der Waals surface area (Å²) in [4.78, 5) is 32.5. The number of carbonyl (C=O) groups is 2. The van der Waals surface area contributed by atoms with Crippen molar-refractivity contribution < 1.29 is 26.4 Å². The van der Waals surface area contributed by atoms with E-state index < -0.39 is 25.6 Å². The molecule has 4 aliphatic rings. The minimum atomic E-state index is -3.18. The van der Waals surface area contributed by atoms with Gasteiger partial charge in [0, 0.05) is 143 Å². The zero-order valence-corrected chi connectivity index (χ0v) is 58.4. The van der Waals surface area contributed by atoms with Gasteiger partial charge in [0.15, 0.2) is 0 Å². The number of piperazine rings is 1. The predicted octanol–water partition coefficient (Wildman–Crippen LogP) is 12.5. The van der Waals surface area contributed by atoms with Crippen LogP contribution in [0.5, 0.6) is 0 Å². The molecule has 4 aliphatic heterocycles. The van der Waals surface area contributed by atoms with Crippen LogP contribution < -0.4 is 35.0 Å². The molecule has 0 unspecified atom stereocenters. The molecule has 4 fully saturated rings. The van der Waals surface area contributed by atoms with Crippen LogP contribution in [0.4, 0.5) is 29.0 Å².